The molecule has 3 heteroatoms. The molecule has 0 saturated carbocycles. The zero-order valence-electron chi connectivity index (χ0n) is 3.96. The molecule has 0 spiro atoms. The Morgan fingerprint density at radius 3 is 2.57 bits per heavy atom. The molecular formula is C4H9NOS. The number of aliphatic hydroxyl groups is 1. The lowest BCUT2D eigenvalue weighted by Gasteiger charge is -2.03. The quantitative estimate of drug-likeness (QED) is 0.379. The smallest absolute Gasteiger partial charge is 0.0796 e. The number of nitrogens with one attached hydrogen (secondary N) is 1. The van der Waals surface area contributed by atoms with E-state index in [9.17, 15) is 0 Å². The zero-order chi connectivity index (χ0) is 5.28. The molecule has 1 aliphatic heterocycles. The van der Waals surface area contributed by atoms with Crippen LogP contribution < -0.4 is 5.32 Å². The average Bonchev–Trinajstić information content (AvgIpc) is 1.91. The first kappa shape index (κ1) is 5.41. The molecule has 2 unspecified atom stereocenters. The first-order valence-corrected chi connectivity index (χ1v) is 2.92. The average molecular weight is 119 g/mol. The van der Waals surface area contributed by atoms with Crippen molar-refractivity contribution in [3.63, 3.8) is 0 Å². The van der Waals surface area contributed by atoms with Gasteiger partial charge in [0.15, 0.2) is 0 Å². The largest absolute Gasteiger partial charge is 0.391 e. The molecule has 7 heavy (non-hydrogen) atoms. The number of rotatable bonds is 0. The molecule has 1 rings (SSSR count). The summed E-state index contributed by atoms with van der Waals surface area (Å²) in [5, 5.41) is 11.9. The maximum atomic E-state index is 8.86. The minimum Gasteiger partial charge on any atom is -0.391 e. The Balaban J connectivity index is 2.33. The van der Waals surface area contributed by atoms with Crippen LogP contribution in [-0.2, 0) is 0 Å². The molecule has 0 radical (unpaired) electrons. The second-order valence-corrected chi connectivity index (χ2v) is 2.31. The van der Waals surface area contributed by atoms with E-state index in [0.717, 1.165) is 13.0 Å². The van der Waals surface area contributed by atoms with Crippen LogP contribution in [0.15, 0.2) is 0 Å². The van der Waals surface area contributed by atoms with E-state index in [1.807, 2.05) is 0 Å². The highest BCUT2D eigenvalue weighted by molar-refractivity contribution is 7.81. The van der Waals surface area contributed by atoms with Crippen molar-refractivity contribution in [1.82, 2.24) is 5.32 Å². The van der Waals surface area contributed by atoms with E-state index in [1.165, 1.54) is 0 Å². The summed E-state index contributed by atoms with van der Waals surface area (Å²) >= 11 is 4.03. The molecule has 0 aromatic rings. The van der Waals surface area contributed by atoms with Gasteiger partial charge in [-0.3, -0.25) is 0 Å². The minimum atomic E-state index is -0.233. The monoisotopic (exact) mass is 119 g/mol. The third kappa shape index (κ3) is 1.08. The molecule has 0 aromatic carbocycles. The van der Waals surface area contributed by atoms with Crippen LogP contribution in [0.3, 0.4) is 0 Å². The van der Waals surface area contributed by atoms with Crippen molar-refractivity contribution in [1.29, 1.82) is 0 Å². The SMILES string of the molecule is OC1CCNC1S. The molecule has 2 N–H and O–H groups in total. The molecule has 2 nitrogen and oxygen atoms in total. The van der Waals surface area contributed by atoms with E-state index in [2.05, 4.69) is 17.9 Å². The van der Waals surface area contributed by atoms with Gasteiger partial charge in [0.25, 0.3) is 0 Å². The van der Waals surface area contributed by atoms with Crippen molar-refractivity contribution < 1.29 is 5.11 Å². The maximum Gasteiger partial charge on any atom is 0.0796 e. The molecule has 0 amide bonds. The molecule has 0 aromatic heterocycles. The Labute approximate surface area is 48.3 Å². The summed E-state index contributed by atoms with van der Waals surface area (Å²) in [7, 11) is 0. The normalized spacial score (nSPS) is 42.0. The van der Waals surface area contributed by atoms with Gasteiger partial charge in [-0.25, -0.2) is 0 Å². The molecular weight excluding hydrogens is 110 g/mol. The Kier molecular flexibility index (Phi) is 1.57. The molecule has 1 heterocycles. The first-order chi connectivity index (χ1) is 3.30. The van der Waals surface area contributed by atoms with Crippen molar-refractivity contribution in [3.8, 4) is 0 Å². The number of aliphatic hydroxyl groups excluding tert-OH is 1. The topological polar surface area (TPSA) is 32.3 Å². The van der Waals surface area contributed by atoms with Gasteiger partial charge in [-0.15, -0.1) is 0 Å². The van der Waals surface area contributed by atoms with Crippen LogP contribution in [0.1, 0.15) is 6.42 Å². The molecule has 1 fully saturated rings. The summed E-state index contributed by atoms with van der Waals surface area (Å²) in [6.07, 6.45) is 0.608. The molecule has 1 saturated heterocycles. The lowest BCUT2D eigenvalue weighted by atomic mass is 10.3. The van der Waals surface area contributed by atoms with Gasteiger partial charge in [-0.1, -0.05) is 0 Å². The molecule has 42 valence electrons. The summed E-state index contributed by atoms with van der Waals surface area (Å²) in [4.78, 5) is 0. The van der Waals surface area contributed by atoms with Gasteiger partial charge in [-0.2, -0.15) is 12.6 Å². The van der Waals surface area contributed by atoms with Crippen LogP contribution in [-0.4, -0.2) is 23.1 Å². The fourth-order valence-corrected chi connectivity index (χ4v) is 0.951. The van der Waals surface area contributed by atoms with Gasteiger partial charge in [0.2, 0.25) is 0 Å². The highest BCUT2D eigenvalue weighted by atomic mass is 32.1. The Hall–Kier alpha value is 0.270. The van der Waals surface area contributed by atoms with E-state index >= 15 is 0 Å². The second kappa shape index (κ2) is 2.03. The van der Waals surface area contributed by atoms with Gasteiger partial charge in [0, 0.05) is 0 Å². The van der Waals surface area contributed by atoms with E-state index in [1.54, 1.807) is 0 Å². The molecule has 0 aliphatic carbocycles. The number of thiol groups is 1. The summed E-state index contributed by atoms with van der Waals surface area (Å²) in [5.41, 5.74) is 0. The third-order valence-electron chi connectivity index (χ3n) is 1.16. The van der Waals surface area contributed by atoms with Crippen molar-refractivity contribution >= 4 is 12.6 Å². The van der Waals surface area contributed by atoms with Crippen LogP contribution in [0.5, 0.6) is 0 Å². The second-order valence-electron chi connectivity index (χ2n) is 1.75. The first-order valence-electron chi connectivity index (χ1n) is 2.40. The maximum absolute atomic E-state index is 8.86. The number of hydrogen-bond donors (Lipinski definition) is 3. The standard InChI is InChI=1S/C4H9NOS/c6-3-1-2-5-4(3)7/h3-7H,1-2H2. The fourth-order valence-electron chi connectivity index (χ4n) is 0.673. The lowest BCUT2D eigenvalue weighted by Crippen LogP contribution is -2.23. The van der Waals surface area contributed by atoms with Gasteiger partial charge >= 0.3 is 0 Å². The third-order valence-corrected chi connectivity index (χ3v) is 1.68. The van der Waals surface area contributed by atoms with E-state index in [0.29, 0.717) is 0 Å². The minimum absolute atomic E-state index is 0.0139. The van der Waals surface area contributed by atoms with Crippen LogP contribution >= 0.6 is 12.6 Å². The van der Waals surface area contributed by atoms with E-state index in [-0.39, 0.29) is 11.5 Å². The highest BCUT2D eigenvalue weighted by Gasteiger charge is 2.19. The van der Waals surface area contributed by atoms with Gasteiger partial charge in [-0.05, 0) is 13.0 Å². The van der Waals surface area contributed by atoms with Gasteiger partial charge in [0.05, 0.1) is 11.5 Å². The van der Waals surface area contributed by atoms with Crippen molar-refractivity contribution in [2.24, 2.45) is 0 Å². The van der Waals surface area contributed by atoms with Crippen LogP contribution in [0.4, 0.5) is 0 Å². The summed E-state index contributed by atoms with van der Waals surface area (Å²) in [5.74, 6) is 0. The predicted octanol–water partition coefficient (Wildman–Crippen LogP) is -0.403. The molecule has 1 aliphatic rings. The molecule has 2 atom stereocenters. The van der Waals surface area contributed by atoms with Crippen molar-refractivity contribution in [3.05, 3.63) is 0 Å². The Bertz CT molecular complexity index is 60.7. The van der Waals surface area contributed by atoms with Crippen LogP contribution in [0, 0.1) is 0 Å². The Morgan fingerprint density at radius 1 is 1.71 bits per heavy atom. The lowest BCUT2D eigenvalue weighted by molar-refractivity contribution is 0.187. The fraction of sp³-hybridized carbons (Fsp3) is 1.00. The summed E-state index contributed by atoms with van der Waals surface area (Å²) in [6.45, 7) is 0.898. The zero-order valence-corrected chi connectivity index (χ0v) is 4.86. The number of hydrogen-bond acceptors (Lipinski definition) is 3. The van der Waals surface area contributed by atoms with Crippen LogP contribution in [0.2, 0.25) is 0 Å². The summed E-state index contributed by atoms with van der Waals surface area (Å²) in [6, 6.07) is 0. The van der Waals surface area contributed by atoms with E-state index in [4.69, 9.17) is 5.11 Å². The van der Waals surface area contributed by atoms with Crippen LogP contribution in [0.25, 0.3) is 0 Å². The van der Waals surface area contributed by atoms with Gasteiger partial charge < -0.3 is 10.4 Å². The Morgan fingerprint density at radius 2 is 2.43 bits per heavy atom. The van der Waals surface area contributed by atoms with Gasteiger partial charge in [0.1, 0.15) is 0 Å². The van der Waals surface area contributed by atoms with E-state index < -0.39 is 0 Å². The summed E-state index contributed by atoms with van der Waals surface area (Å²) < 4.78 is 0. The van der Waals surface area contributed by atoms with Crippen molar-refractivity contribution in [2.75, 3.05) is 6.54 Å². The molecule has 0 bridgehead atoms. The predicted molar refractivity (Wildman–Crippen MR) is 31.4 cm³/mol. The highest BCUT2D eigenvalue weighted by Crippen LogP contribution is 2.08. The van der Waals surface area contributed by atoms with Crippen molar-refractivity contribution in [2.45, 2.75) is 17.9 Å².